The first-order valence-electron chi connectivity index (χ1n) is 13.1. The smallest absolute Gasteiger partial charge is 0.236 e. The van der Waals surface area contributed by atoms with Gasteiger partial charge in [-0.2, -0.15) is 5.41 Å². The van der Waals surface area contributed by atoms with Crippen LogP contribution in [-0.4, -0.2) is 46.8 Å². The number of hydrogen-bond donors (Lipinski definition) is 3. The summed E-state index contributed by atoms with van der Waals surface area (Å²) in [6, 6.07) is 0. The number of carbonyl (C=O) groups is 1. The van der Waals surface area contributed by atoms with E-state index >= 15 is 0 Å². The molecule has 4 aliphatic rings. The lowest BCUT2D eigenvalue weighted by atomic mass is 9.43. The molecule has 4 saturated carbocycles. The minimum Gasteiger partial charge on any atom is -0.390 e. The second kappa shape index (κ2) is 9.03. The molecule has 7 nitrogen and oxygen atoms in total. The Labute approximate surface area is 199 Å². The van der Waals surface area contributed by atoms with Gasteiger partial charge in [0.05, 0.1) is 18.3 Å². The molecule has 0 saturated heterocycles. The highest BCUT2D eigenvalue weighted by Gasteiger charge is 2.63. The highest BCUT2D eigenvalue weighted by Crippen LogP contribution is 2.68. The summed E-state index contributed by atoms with van der Waals surface area (Å²) in [5.74, 6) is 7.89. The molecule has 4 rings (SSSR count). The molecule has 0 aromatic rings. The number of rotatable bonds is 7. The molecule has 4 N–H and O–H groups in total. The van der Waals surface area contributed by atoms with Crippen molar-refractivity contribution < 1.29 is 19.3 Å². The second-order valence-electron chi connectivity index (χ2n) is 12.4. The minimum absolute atomic E-state index is 0.0215. The number of carbonyl (C=O) groups excluding carboxylic acids is 1. The lowest BCUT2D eigenvalue weighted by Gasteiger charge is -2.62. The van der Waals surface area contributed by atoms with Crippen LogP contribution < -0.4 is 5.84 Å². The van der Waals surface area contributed by atoms with Crippen LogP contribution in [0, 0.1) is 45.8 Å². The van der Waals surface area contributed by atoms with Crippen LogP contribution in [0.25, 0.3) is 0 Å². The first-order chi connectivity index (χ1) is 15.6. The Bertz CT molecular complexity index is 792. The molecule has 4 aliphatic carbocycles. The minimum atomic E-state index is -0.554. The number of fused-ring (bicyclic) bond motifs is 5. The van der Waals surface area contributed by atoms with E-state index in [2.05, 4.69) is 26.0 Å². The second-order valence-corrected chi connectivity index (χ2v) is 12.4. The van der Waals surface area contributed by atoms with E-state index in [4.69, 9.17) is 16.0 Å². The van der Waals surface area contributed by atoms with Gasteiger partial charge in [0, 0.05) is 11.1 Å². The van der Waals surface area contributed by atoms with Crippen molar-refractivity contribution >= 4 is 12.1 Å². The number of Topliss-reactive ketones (excluding diaryl/α,β-unsaturated/α-hetero) is 1. The van der Waals surface area contributed by atoms with Gasteiger partial charge in [0.25, 0.3) is 0 Å². The van der Waals surface area contributed by atoms with E-state index in [1.54, 1.807) is 0 Å². The number of hydrogen-bond acceptors (Lipinski definition) is 5. The highest BCUT2D eigenvalue weighted by molar-refractivity contribution is 5.83. The predicted octanol–water partition coefficient (Wildman–Crippen LogP) is 4.32. The molecule has 7 heteroatoms. The Morgan fingerprint density at radius 1 is 1.18 bits per heavy atom. The van der Waals surface area contributed by atoms with Crippen LogP contribution in [0.1, 0.15) is 85.5 Å². The fourth-order valence-corrected chi connectivity index (χ4v) is 8.75. The maximum atomic E-state index is 13.2. The molecule has 0 aromatic carbocycles. The quantitative estimate of drug-likeness (QED) is 0.131. The Morgan fingerprint density at radius 3 is 2.61 bits per heavy atom. The van der Waals surface area contributed by atoms with Gasteiger partial charge in [-0.3, -0.25) is 4.79 Å². The third-order valence-corrected chi connectivity index (χ3v) is 10.3. The lowest BCUT2D eigenvalue weighted by Crippen LogP contribution is -2.58. The largest absolute Gasteiger partial charge is 0.390 e. The van der Waals surface area contributed by atoms with E-state index in [0.717, 1.165) is 64.3 Å². The molecule has 0 bridgehead atoms. The van der Waals surface area contributed by atoms with E-state index in [1.165, 1.54) is 11.1 Å². The van der Waals surface area contributed by atoms with Crippen molar-refractivity contribution in [1.82, 2.24) is 0 Å². The van der Waals surface area contributed by atoms with Gasteiger partial charge in [-0.15, -0.1) is 4.70 Å². The summed E-state index contributed by atoms with van der Waals surface area (Å²) >= 11 is 0. The van der Waals surface area contributed by atoms with Gasteiger partial charge in [0.2, 0.25) is 6.34 Å². The molecule has 0 amide bonds. The van der Waals surface area contributed by atoms with Crippen molar-refractivity contribution in [3.63, 3.8) is 0 Å². The van der Waals surface area contributed by atoms with Crippen LogP contribution in [0.15, 0.2) is 5.22 Å². The molecule has 33 heavy (non-hydrogen) atoms. The monoisotopic (exact) mass is 461 g/mol. The summed E-state index contributed by atoms with van der Waals surface area (Å²) in [4.78, 5) is 13.2. The van der Waals surface area contributed by atoms with Crippen molar-refractivity contribution in [2.75, 3.05) is 13.2 Å². The van der Waals surface area contributed by atoms with Crippen LogP contribution in [0.5, 0.6) is 0 Å². The van der Waals surface area contributed by atoms with E-state index in [0.29, 0.717) is 23.7 Å². The van der Waals surface area contributed by atoms with E-state index in [1.807, 2.05) is 6.92 Å². The fourth-order valence-electron chi connectivity index (χ4n) is 8.75. The Morgan fingerprint density at radius 2 is 1.94 bits per heavy atom. The van der Waals surface area contributed by atoms with Crippen LogP contribution in [0.3, 0.4) is 0 Å². The van der Waals surface area contributed by atoms with Crippen LogP contribution in [-0.2, 0) is 9.53 Å². The van der Waals surface area contributed by atoms with Gasteiger partial charge in [0.15, 0.2) is 12.3 Å². The number of ketones is 1. The highest BCUT2D eigenvalue weighted by atomic mass is 16.5. The molecular weight excluding hydrogens is 416 g/mol. The first-order valence-corrected chi connectivity index (χ1v) is 13.1. The Balaban J connectivity index is 1.58. The van der Waals surface area contributed by atoms with E-state index in [9.17, 15) is 9.90 Å². The fraction of sp³-hybridized carbons (Fsp3) is 0.923. The van der Waals surface area contributed by atoms with Crippen molar-refractivity contribution in [1.29, 1.82) is 5.41 Å². The van der Waals surface area contributed by atoms with E-state index in [-0.39, 0.29) is 35.2 Å². The van der Waals surface area contributed by atoms with Crippen molar-refractivity contribution in [2.24, 2.45) is 51.5 Å². The molecule has 4 fully saturated rings. The number of nitrogens with two attached hydrogens (primary N) is 1. The predicted molar refractivity (Wildman–Crippen MR) is 127 cm³/mol. The van der Waals surface area contributed by atoms with Crippen molar-refractivity contribution in [3.05, 3.63) is 0 Å². The van der Waals surface area contributed by atoms with Gasteiger partial charge in [0.1, 0.15) is 0 Å². The van der Waals surface area contributed by atoms with Crippen LogP contribution >= 0.6 is 0 Å². The number of ether oxygens (including phenoxy) is 1. The Hall–Kier alpha value is -1.34. The summed E-state index contributed by atoms with van der Waals surface area (Å²) < 4.78 is 7.58. The standard InChI is InChI=1S/C26H44N4O3/c1-17(2)33-15-26-12-11-24(3,32)13-18(26)5-6-19-20-7-8-22(23(31)14-30(16-27)29-28)25(20,4)10-9-21(19)26/h16-22,27-28,32H,5-15H2,1-4H3/p+1/t18-,19+,20+,21+,22?,24-,25+,26-/m1/s1. The maximum Gasteiger partial charge on any atom is 0.236 e. The van der Waals surface area contributed by atoms with Crippen LogP contribution in [0.2, 0.25) is 0 Å². The summed E-state index contributed by atoms with van der Waals surface area (Å²) in [6.45, 7) is 9.53. The topological polar surface area (TPSA) is 112 Å². The molecule has 8 atom stereocenters. The SMILES string of the molecule is CC(C)OC[C@]12CC[C@@](C)(O)C[C@H]1CC[C@@H]1[C@@H]2CC[C@]2(C)C(C(=O)C[N+](C=N)=NN)CC[C@@H]12. The average Bonchev–Trinajstić information content (AvgIpc) is 3.12. The van der Waals surface area contributed by atoms with Gasteiger partial charge in [-0.05, 0) is 113 Å². The molecule has 1 unspecified atom stereocenters. The van der Waals surface area contributed by atoms with Crippen molar-refractivity contribution in [2.45, 2.75) is 97.2 Å². The van der Waals surface area contributed by atoms with Gasteiger partial charge < -0.3 is 9.84 Å². The third kappa shape index (κ3) is 4.29. The zero-order valence-corrected chi connectivity index (χ0v) is 21.1. The van der Waals surface area contributed by atoms with Gasteiger partial charge >= 0.3 is 0 Å². The summed E-state index contributed by atoms with van der Waals surface area (Å²) in [6.07, 6.45) is 10.7. The lowest BCUT2D eigenvalue weighted by molar-refractivity contribution is -0.465. The molecule has 0 aliphatic heterocycles. The number of nitrogens with zero attached hydrogens (tertiary/aromatic N) is 2. The average molecular weight is 462 g/mol. The zero-order chi connectivity index (χ0) is 24.0. The molecule has 0 heterocycles. The first kappa shape index (κ1) is 24.8. The molecule has 0 radical (unpaired) electrons. The molecular formula is C26H45N4O3+. The molecule has 186 valence electrons. The van der Waals surface area contributed by atoms with E-state index < -0.39 is 5.60 Å². The summed E-state index contributed by atoms with van der Waals surface area (Å²) in [5.41, 5.74) is -0.371. The van der Waals surface area contributed by atoms with Crippen molar-refractivity contribution in [3.8, 4) is 0 Å². The third-order valence-electron chi connectivity index (χ3n) is 10.3. The van der Waals surface area contributed by atoms with Gasteiger partial charge in [-0.1, -0.05) is 6.92 Å². The molecule has 0 spiro atoms. The summed E-state index contributed by atoms with van der Waals surface area (Å²) in [5, 5.41) is 21.9. The number of nitrogens with one attached hydrogen (secondary N) is 1. The number of aliphatic hydroxyl groups is 1. The zero-order valence-electron chi connectivity index (χ0n) is 21.1. The molecule has 0 aromatic heterocycles. The maximum absolute atomic E-state index is 13.2. The summed E-state index contributed by atoms with van der Waals surface area (Å²) in [7, 11) is 0. The normalized spacial score (nSPS) is 45.3. The Kier molecular flexibility index (Phi) is 6.78. The van der Waals surface area contributed by atoms with Gasteiger partial charge in [-0.25, -0.2) is 5.84 Å². The van der Waals surface area contributed by atoms with Crippen LogP contribution in [0.4, 0.5) is 0 Å².